The Kier molecular flexibility index (Phi) is 7.45. The minimum absolute atomic E-state index is 0.196. The molecule has 0 saturated carbocycles. The summed E-state index contributed by atoms with van der Waals surface area (Å²) in [6.07, 6.45) is 2.01. The van der Waals surface area contributed by atoms with E-state index < -0.39 is 0 Å². The van der Waals surface area contributed by atoms with Crippen molar-refractivity contribution < 1.29 is 4.74 Å². The quantitative estimate of drug-likeness (QED) is 0.774. The van der Waals surface area contributed by atoms with E-state index in [9.17, 15) is 0 Å². The third-order valence-electron chi connectivity index (χ3n) is 2.94. The molecule has 0 amide bonds. The van der Waals surface area contributed by atoms with Gasteiger partial charge in [0, 0.05) is 19.6 Å². The third kappa shape index (κ3) is 5.02. The van der Waals surface area contributed by atoms with Crippen molar-refractivity contribution in [1.82, 2.24) is 9.97 Å². The molecule has 0 aliphatic heterocycles. The van der Waals surface area contributed by atoms with Crippen LogP contribution in [0.15, 0.2) is 4.47 Å². The number of methoxy groups -OCH3 is 1. The van der Waals surface area contributed by atoms with Crippen LogP contribution in [0, 0.1) is 5.92 Å². The highest BCUT2D eigenvalue weighted by Crippen LogP contribution is 2.27. The molecule has 1 unspecified atom stereocenters. The number of hydrogen-bond donors (Lipinski definition) is 1. The first-order valence-electron chi connectivity index (χ1n) is 7.28. The number of hydrogen-bond acceptors (Lipinski definition) is 4. The Balaban J connectivity index is 3.11. The summed E-state index contributed by atoms with van der Waals surface area (Å²) >= 11 is 3.64. The molecule has 1 heterocycles. The summed E-state index contributed by atoms with van der Waals surface area (Å²) in [4.78, 5) is 9.37. The standard InChI is InChI=1S/C15H26BrN3O/c1-6-7-17-15-13(16)12(8-10(2)3)18-14(19-15)11(4)9-20-5/h10-11H,6-9H2,1-5H3,(H,17,18,19). The third-order valence-corrected chi connectivity index (χ3v) is 3.77. The molecule has 1 atom stereocenters. The van der Waals surface area contributed by atoms with Crippen molar-refractivity contribution in [1.29, 1.82) is 0 Å². The molecule has 0 aliphatic rings. The molecule has 0 aromatic carbocycles. The summed E-state index contributed by atoms with van der Waals surface area (Å²) < 4.78 is 6.21. The molecular weight excluding hydrogens is 318 g/mol. The van der Waals surface area contributed by atoms with Crippen LogP contribution in [0.5, 0.6) is 0 Å². The summed E-state index contributed by atoms with van der Waals surface area (Å²) in [6.45, 7) is 10.2. The van der Waals surface area contributed by atoms with Gasteiger partial charge in [-0.05, 0) is 34.7 Å². The molecule has 114 valence electrons. The van der Waals surface area contributed by atoms with Crippen LogP contribution in [0.1, 0.15) is 51.6 Å². The zero-order chi connectivity index (χ0) is 15.1. The predicted octanol–water partition coefficient (Wildman–Crippen LogP) is 4.01. The number of anilines is 1. The normalized spacial score (nSPS) is 12.8. The fourth-order valence-electron chi connectivity index (χ4n) is 1.94. The molecule has 0 aliphatic carbocycles. The lowest BCUT2D eigenvalue weighted by Crippen LogP contribution is -2.14. The van der Waals surface area contributed by atoms with Crippen molar-refractivity contribution in [3.8, 4) is 0 Å². The van der Waals surface area contributed by atoms with Gasteiger partial charge in [-0.15, -0.1) is 0 Å². The van der Waals surface area contributed by atoms with Crippen LogP contribution in [0.3, 0.4) is 0 Å². The molecule has 0 bridgehead atoms. The molecular formula is C15H26BrN3O. The second-order valence-corrected chi connectivity index (χ2v) is 6.37. The number of ether oxygens (including phenoxy) is 1. The molecule has 4 nitrogen and oxygen atoms in total. The maximum Gasteiger partial charge on any atom is 0.144 e. The van der Waals surface area contributed by atoms with Crippen molar-refractivity contribution in [3.05, 3.63) is 16.0 Å². The van der Waals surface area contributed by atoms with E-state index in [1.54, 1.807) is 7.11 Å². The minimum atomic E-state index is 0.196. The van der Waals surface area contributed by atoms with Crippen molar-refractivity contribution in [2.75, 3.05) is 25.6 Å². The zero-order valence-electron chi connectivity index (χ0n) is 13.2. The highest BCUT2D eigenvalue weighted by Gasteiger charge is 2.17. The minimum Gasteiger partial charge on any atom is -0.384 e. The molecule has 20 heavy (non-hydrogen) atoms. The van der Waals surface area contributed by atoms with Crippen molar-refractivity contribution in [2.24, 2.45) is 5.92 Å². The van der Waals surface area contributed by atoms with E-state index in [0.29, 0.717) is 12.5 Å². The van der Waals surface area contributed by atoms with Gasteiger partial charge < -0.3 is 10.1 Å². The van der Waals surface area contributed by atoms with E-state index in [-0.39, 0.29) is 5.92 Å². The van der Waals surface area contributed by atoms with Crippen LogP contribution in [-0.4, -0.2) is 30.2 Å². The maximum atomic E-state index is 5.22. The second kappa shape index (κ2) is 8.57. The summed E-state index contributed by atoms with van der Waals surface area (Å²) in [5.41, 5.74) is 1.08. The molecule has 5 heteroatoms. The van der Waals surface area contributed by atoms with Gasteiger partial charge in [-0.2, -0.15) is 0 Å². The van der Waals surface area contributed by atoms with Crippen molar-refractivity contribution >= 4 is 21.7 Å². The molecule has 1 rings (SSSR count). The van der Waals surface area contributed by atoms with Gasteiger partial charge in [-0.3, -0.25) is 0 Å². The van der Waals surface area contributed by atoms with E-state index in [0.717, 1.165) is 41.2 Å². The fourth-order valence-corrected chi connectivity index (χ4v) is 2.42. The lowest BCUT2D eigenvalue weighted by Gasteiger charge is -2.16. The first-order valence-corrected chi connectivity index (χ1v) is 8.07. The van der Waals surface area contributed by atoms with Gasteiger partial charge in [0.2, 0.25) is 0 Å². The molecule has 0 fully saturated rings. The van der Waals surface area contributed by atoms with E-state index in [4.69, 9.17) is 9.72 Å². The average Bonchev–Trinajstić information content (AvgIpc) is 2.39. The fraction of sp³-hybridized carbons (Fsp3) is 0.733. The number of nitrogens with zero attached hydrogens (tertiary/aromatic N) is 2. The Morgan fingerprint density at radius 1 is 1.25 bits per heavy atom. The SMILES string of the molecule is CCCNc1nc(C(C)COC)nc(CC(C)C)c1Br. The van der Waals surface area contributed by atoms with Gasteiger partial charge >= 0.3 is 0 Å². The van der Waals surface area contributed by atoms with Gasteiger partial charge in [-0.25, -0.2) is 9.97 Å². The van der Waals surface area contributed by atoms with Crippen LogP contribution in [0.4, 0.5) is 5.82 Å². The van der Waals surface area contributed by atoms with Gasteiger partial charge in [-0.1, -0.05) is 27.7 Å². The Morgan fingerprint density at radius 2 is 1.95 bits per heavy atom. The highest BCUT2D eigenvalue weighted by molar-refractivity contribution is 9.10. The van der Waals surface area contributed by atoms with Gasteiger partial charge in [0.05, 0.1) is 16.8 Å². The second-order valence-electron chi connectivity index (χ2n) is 5.57. The van der Waals surface area contributed by atoms with Crippen LogP contribution in [0.25, 0.3) is 0 Å². The Hall–Kier alpha value is -0.680. The average molecular weight is 344 g/mol. The summed E-state index contributed by atoms with van der Waals surface area (Å²) in [5.74, 6) is 2.51. The summed E-state index contributed by atoms with van der Waals surface area (Å²) in [6, 6.07) is 0. The molecule has 1 N–H and O–H groups in total. The number of halogens is 1. The van der Waals surface area contributed by atoms with Crippen molar-refractivity contribution in [2.45, 2.75) is 46.5 Å². The number of nitrogens with one attached hydrogen (secondary N) is 1. The number of rotatable bonds is 8. The zero-order valence-corrected chi connectivity index (χ0v) is 14.7. The topological polar surface area (TPSA) is 47.0 Å². The van der Waals surface area contributed by atoms with Gasteiger partial charge in [0.25, 0.3) is 0 Å². The predicted molar refractivity (Wildman–Crippen MR) is 87.3 cm³/mol. The van der Waals surface area contributed by atoms with Crippen LogP contribution < -0.4 is 5.32 Å². The van der Waals surface area contributed by atoms with Crippen molar-refractivity contribution in [3.63, 3.8) is 0 Å². The molecule has 1 aromatic heterocycles. The molecule has 0 spiro atoms. The van der Waals surface area contributed by atoms with Crippen LogP contribution in [-0.2, 0) is 11.2 Å². The van der Waals surface area contributed by atoms with Crippen LogP contribution >= 0.6 is 15.9 Å². The Labute approximate surface area is 130 Å². The first-order chi connectivity index (χ1) is 9.49. The Bertz CT molecular complexity index is 424. The lowest BCUT2D eigenvalue weighted by atomic mass is 10.1. The molecule has 0 radical (unpaired) electrons. The first kappa shape index (κ1) is 17.4. The highest BCUT2D eigenvalue weighted by atomic mass is 79.9. The van der Waals surface area contributed by atoms with Gasteiger partial charge in [0.1, 0.15) is 11.6 Å². The molecule has 0 saturated heterocycles. The van der Waals surface area contributed by atoms with E-state index in [2.05, 4.69) is 53.9 Å². The lowest BCUT2D eigenvalue weighted by molar-refractivity contribution is 0.181. The van der Waals surface area contributed by atoms with E-state index >= 15 is 0 Å². The largest absolute Gasteiger partial charge is 0.384 e. The van der Waals surface area contributed by atoms with Gasteiger partial charge in [0.15, 0.2) is 0 Å². The summed E-state index contributed by atoms with van der Waals surface area (Å²) in [7, 11) is 1.71. The maximum absolute atomic E-state index is 5.22. The smallest absolute Gasteiger partial charge is 0.144 e. The molecule has 1 aromatic rings. The summed E-state index contributed by atoms with van der Waals surface area (Å²) in [5, 5.41) is 3.37. The Morgan fingerprint density at radius 3 is 2.50 bits per heavy atom. The number of aromatic nitrogens is 2. The monoisotopic (exact) mass is 343 g/mol. The van der Waals surface area contributed by atoms with Crippen LogP contribution in [0.2, 0.25) is 0 Å². The van der Waals surface area contributed by atoms with E-state index in [1.165, 1.54) is 0 Å². The van der Waals surface area contributed by atoms with E-state index in [1.807, 2.05) is 0 Å².